The van der Waals surface area contributed by atoms with Crippen LogP contribution in [-0.4, -0.2) is 44.3 Å². The average Bonchev–Trinajstić information content (AvgIpc) is 3.29. The lowest BCUT2D eigenvalue weighted by atomic mass is 10.2. The first-order chi connectivity index (χ1) is 12.2. The number of aliphatic hydroxyl groups excluding tert-OH is 1. The predicted molar refractivity (Wildman–Crippen MR) is 100 cm³/mol. The molecule has 1 N–H and O–H groups in total. The Bertz CT molecular complexity index is 702. The van der Waals surface area contributed by atoms with Crippen molar-refractivity contribution in [3.63, 3.8) is 0 Å². The third-order valence-electron chi connectivity index (χ3n) is 5.23. The van der Waals surface area contributed by atoms with Gasteiger partial charge in [-0.05, 0) is 62.4 Å². The molecule has 0 saturated carbocycles. The highest BCUT2D eigenvalue weighted by Gasteiger charge is 2.19. The molecule has 4 heterocycles. The SMILES string of the molecule is C[C@@H](O)c1cc2n(n1)CCCN(Cc1cc(CN3CCCC3)cs1)C2. The van der Waals surface area contributed by atoms with E-state index in [0.717, 1.165) is 44.8 Å². The fourth-order valence-electron chi connectivity index (χ4n) is 3.90. The van der Waals surface area contributed by atoms with Gasteiger partial charge in [0.25, 0.3) is 0 Å². The van der Waals surface area contributed by atoms with Crippen molar-refractivity contribution < 1.29 is 5.11 Å². The van der Waals surface area contributed by atoms with E-state index in [1.54, 1.807) is 6.92 Å². The highest BCUT2D eigenvalue weighted by molar-refractivity contribution is 7.10. The van der Waals surface area contributed by atoms with Crippen molar-refractivity contribution >= 4 is 11.3 Å². The molecule has 1 fully saturated rings. The zero-order valence-electron chi connectivity index (χ0n) is 15.0. The molecule has 2 aromatic rings. The van der Waals surface area contributed by atoms with Gasteiger partial charge in [0.05, 0.1) is 17.5 Å². The topological polar surface area (TPSA) is 44.5 Å². The average molecular weight is 361 g/mol. The molecule has 0 unspecified atom stereocenters. The number of likely N-dealkylation sites (tertiary alicyclic amines) is 1. The van der Waals surface area contributed by atoms with Gasteiger partial charge in [0.2, 0.25) is 0 Å². The fourth-order valence-corrected chi connectivity index (χ4v) is 4.82. The number of nitrogens with zero attached hydrogens (tertiary/aromatic N) is 4. The summed E-state index contributed by atoms with van der Waals surface area (Å²) in [5.74, 6) is 0. The Labute approximate surface area is 153 Å². The highest BCUT2D eigenvalue weighted by Crippen LogP contribution is 2.23. The molecular formula is C19H28N4OS. The van der Waals surface area contributed by atoms with E-state index in [-0.39, 0.29) is 0 Å². The van der Waals surface area contributed by atoms with Crippen LogP contribution < -0.4 is 0 Å². The number of aromatic nitrogens is 2. The number of aliphatic hydroxyl groups is 1. The van der Waals surface area contributed by atoms with Gasteiger partial charge in [0.15, 0.2) is 0 Å². The highest BCUT2D eigenvalue weighted by atomic mass is 32.1. The molecule has 2 aliphatic heterocycles. The third-order valence-corrected chi connectivity index (χ3v) is 6.20. The van der Waals surface area contributed by atoms with Crippen molar-refractivity contribution in [3.8, 4) is 0 Å². The first-order valence-electron chi connectivity index (χ1n) is 9.43. The van der Waals surface area contributed by atoms with Crippen molar-refractivity contribution in [1.82, 2.24) is 19.6 Å². The number of aryl methyl sites for hydroxylation is 1. The molecule has 5 nitrogen and oxygen atoms in total. The van der Waals surface area contributed by atoms with Crippen LogP contribution in [0.25, 0.3) is 0 Å². The van der Waals surface area contributed by atoms with Crippen LogP contribution in [0.2, 0.25) is 0 Å². The quantitative estimate of drug-likeness (QED) is 0.890. The number of fused-ring (bicyclic) bond motifs is 1. The third kappa shape index (κ3) is 4.14. The lowest BCUT2D eigenvalue weighted by molar-refractivity contribution is 0.193. The molecule has 6 heteroatoms. The van der Waals surface area contributed by atoms with Gasteiger partial charge < -0.3 is 5.11 Å². The van der Waals surface area contributed by atoms with Gasteiger partial charge in [-0.3, -0.25) is 14.5 Å². The Morgan fingerprint density at radius 1 is 1.08 bits per heavy atom. The zero-order valence-corrected chi connectivity index (χ0v) is 15.8. The van der Waals surface area contributed by atoms with E-state index in [4.69, 9.17) is 0 Å². The summed E-state index contributed by atoms with van der Waals surface area (Å²) in [6.07, 6.45) is 3.33. The molecule has 0 bridgehead atoms. The molecule has 0 amide bonds. The van der Waals surface area contributed by atoms with Crippen LogP contribution in [-0.2, 0) is 26.2 Å². The van der Waals surface area contributed by atoms with Crippen LogP contribution in [0.15, 0.2) is 17.5 Å². The van der Waals surface area contributed by atoms with E-state index < -0.39 is 6.10 Å². The van der Waals surface area contributed by atoms with Gasteiger partial charge in [-0.25, -0.2) is 0 Å². The van der Waals surface area contributed by atoms with E-state index in [0.29, 0.717) is 0 Å². The summed E-state index contributed by atoms with van der Waals surface area (Å²) in [7, 11) is 0. The lowest BCUT2D eigenvalue weighted by Gasteiger charge is -2.18. The summed E-state index contributed by atoms with van der Waals surface area (Å²) >= 11 is 1.89. The summed E-state index contributed by atoms with van der Waals surface area (Å²) in [5.41, 5.74) is 3.49. The minimum Gasteiger partial charge on any atom is -0.387 e. The van der Waals surface area contributed by atoms with Gasteiger partial charge >= 0.3 is 0 Å². The van der Waals surface area contributed by atoms with E-state index in [1.165, 1.54) is 42.1 Å². The molecular weight excluding hydrogens is 332 g/mol. The van der Waals surface area contributed by atoms with Crippen LogP contribution in [0.1, 0.15) is 54.1 Å². The summed E-state index contributed by atoms with van der Waals surface area (Å²) in [6, 6.07) is 4.46. The first-order valence-corrected chi connectivity index (χ1v) is 10.3. The molecule has 0 spiro atoms. The maximum Gasteiger partial charge on any atom is 0.0950 e. The second-order valence-corrected chi connectivity index (χ2v) is 8.42. The molecule has 1 atom stereocenters. The molecule has 0 aliphatic carbocycles. The molecule has 0 radical (unpaired) electrons. The Kier molecular flexibility index (Phi) is 5.22. The summed E-state index contributed by atoms with van der Waals surface area (Å²) in [4.78, 5) is 6.53. The van der Waals surface area contributed by atoms with Crippen molar-refractivity contribution in [2.45, 2.75) is 58.5 Å². The minimum atomic E-state index is -0.488. The summed E-state index contributed by atoms with van der Waals surface area (Å²) < 4.78 is 2.08. The lowest BCUT2D eigenvalue weighted by Crippen LogP contribution is -2.22. The Balaban J connectivity index is 1.39. The second kappa shape index (κ2) is 7.58. The van der Waals surface area contributed by atoms with Crippen molar-refractivity contribution in [2.75, 3.05) is 19.6 Å². The van der Waals surface area contributed by atoms with E-state index in [9.17, 15) is 5.11 Å². The minimum absolute atomic E-state index is 0.488. The predicted octanol–water partition coefficient (Wildman–Crippen LogP) is 3.00. The van der Waals surface area contributed by atoms with Gasteiger partial charge in [0.1, 0.15) is 0 Å². The molecule has 4 rings (SSSR count). The van der Waals surface area contributed by atoms with Crippen LogP contribution in [0.5, 0.6) is 0 Å². The zero-order chi connectivity index (χ0) is 17.2. The van der Waals surface area contributed by atoms with Crippen molar-refractivity contribution in [3.05, 3.63) is 39.3 Å². The van der Waals surface area contributed by atoms with E-state index in [1.807, 2.05) is 11.3 Å². The van der Waals surface area contributed by atoms with Crippen LogP contribution in [0.4, 0.5) is 0 Å². The van der Waals surface area contributed by atoms with Crippen LogP contribution in [0.3, 0.4) is 0 Å². The number of hydrogen-bond acceptors (Lipinski definition) is 5. The number of thiophene rings is 1. The van der Waals surface area contributed by atoms with Crippen molar-refractivity contribution in [2.24, 2.45) is 0 Å². The smallest absolute Gasteiger partial charge is 0.0950 e. The first kappa shape index (κ1) is 17.2. The Morgan fingerprint density at radius 3 is 2.68 bits per heavy atom. The molecule has 2 aliphatic rings. The van der Waals surface area contributed by atoms with Gasteiger partial charge in [0, 0.05) is 37.6 Å². The Hall–Kier alpha value is -1.21. The molecule has 2 aromatic heterocycles. The summed E-state index contributed by atoms with van der Waals surface area (Å²) in [5, 5.41) is 16.7. The second-order valence-electron chi connectivity index (χ2n) is 7.43. The molecule has 1 saturated heterocycles. The number of hydrogen-bond donors (Lipinski definition) is 1. The molecule has 0 aromatic carbocycles. The molecule has 136 valence electrons. The normalized spacial score (nSPS) is 20.6. The van der Waals surface area contributed by atoms with Crippen molar-refractivity contribution in [1.29, 1.82) is 0 Å². The maximum absolute atomic E-state index is 9.77. The maximum atomic E-state index is 9.77. The standard InChI is InChI=1S/C19H28N4OS/c1-15(24)19-10-17-12-22(7-4-8-23(17)20-19)13-18-9-16(14-25-18)11-21-5-2-3-6-21/h9-10,14-15,24H,2-8,11-13H2,1H3/t15-/m1/s1. The monoisotopic (exact) mass is 360 g/mol. The van der Waals surface area contributed by atoms with E-state index >= 15 is 0 Å². The van der Waals surface area contributed by atoms with E-state index in [2.05, 4.69) is 37.1 Å². The van der Waals surface area contributed by atoms with Gasteiger partial charge in [-0.1, -0.05) is 0 Å². The number of rotatable bonds is 5. The Morgan fingerprint density at radius 2 is 1.88 bits per heavy atom. The fraction of sp³-hybridized carbons (Fsp3) is 0.632. The van der Waals surface area contributed by atoms with Crippen LogP contribution in [0, 0.1) is 0 Å². The van der Waals surface area contributed by atoms with Gasteiger partial charge in [-0.2, -0.15) is 5.10 Å². The molecule has 25 heavy (non-hydrogen) atoms. The van der Waals surface area contributed by atoms with Gasteiger partial charge in [-0.15, -0.1) is 11.3 Å². The summed E-state index contributed by atoms with van der Waals surface area (Å²) in [6.45, 7) is 9.39. The van der Waals surface area contributed by atoms with Crippen LogP contribution >= 0.6 is 11.3 Å². The largest absolute Gasteiger partial charge is 0.387 e.